The molecule has 94 valence electrons. The number of ether oxygens (including phenoxy) is 1. The zero-order valence-electron chi connectivity index (χ0n) is 11.0. The number of hydrogen-bond acceptors (Lipinski definition) is 2. The highest BCUT2D eigenvalue weighted by Gasteiger charge is 2.27. The highest BCUT2D eigenvalue weighted by molar-refractivity contribution is 4.79. The van der Waals surface area contributed by atoms with Crippen LogP contribution in [0.15, 0.2) is 0 Å². The molecule has 2 heteroatoms. The first kappa shape index (κ1) is 12.4. The molecule has 0 aromatic carbocycles. The third-order valence-electron chi connectivity index (χ3n) is 4.19. The van der Waals surface area contributed by atoms with Crippen LogP contribution >= 0.6 is 0 Å². The van der Waals surface area contributed by atoms with Crippen LogP contribution < -0.4 is 0 Å². The molecule has 0 amide bonds. The van der Waals surface area contributed by atoms with Crippen molar-refractivity contribution in [3.05, 3.63) is 0 Å². The molecule has 2 aliphatic rings. The van der Waals surface area contributed by atoms with Crippen molar-refractivity contribution < 1.29 is 4.74 Å². The number of nitrogens with zero attached hydrogens (tertiary/aromatic N) is 1. The summed E-state index contributed by atoms with van der Waals surface area (Å²) in [6.07, 6.45) is 5.48. The normalized spacial score (nSPS) is 26.4. The Kier molecular flexibility index (Phi) is 4.66. The van der Waals surface area contributed by atoms with Crippen LogP contribution in [0, 0.1) is 17.8 Å². The van der Waals surface area contributed by atoms with E-state index in [9.17, 15) is 0 Å². The van der Waals surface area contributed by atoms with Crippen molar-refractivity contribution >= 4 is 0 Å². The fourth-order valence-corrected chi connectivity index (χ4v) is 3.31. The Morgan fingerprint density at radius 2 is 1.56 bits per heavy atom. The summed E-state index contributed by atoms with van der Waals surface area (Å²) in [5, 5.41) is 0. The van der Waals surface area contributed by atoms with Gasteiger partial charge < -0.3 is 9.64 Å². The van der Waals surface area contributed by atoms with E-state index in [2.05, 4.69) is 18.7 Å². The van der Waals surface area contributed by atoms with Crippen LogP contribution in [0.4, 0.5) is 0 Å². The first-order chi connectivity index (χ1) is 7.75. The fraction of sp³-hybridized carbons (Fsp3) is 1.00. The Balaban J connectivity index is 1.71. The smallest absolute Gasteiger partial charge is 0.0468 e. The Morgan fingerprint density at radius 3 is 2.12 bits per heavy atom. The highest BCUT2D eigenvalue weighted by Crippen LogP contribution is 2.31. The Labute approximate surface area is 100 Å². The molecule has 0 unspecified atom stereocenters. The van der Waals surface area contributed by atoms with E-state index in [1.54, 1.807) is 0 Å². The van der Waals surface area contributed by atoms with Crippen LogP contribution in [-0.2, 0) is 4.74 Å². The maximum atomic E-state index is 5.45. The predicted octanol–water partition coefficient (Wildman–Crippen LogP) is 2.78. The average molecular weight is 225 g/mol. The lowest BCUT2D eigenvalue weighted by atomic mass is 9.80. The predicted molar refractivity (Wildman–Crippen MR) is 67.5 cm³/mol. The molecule has 16 heavy (non-hydrogen) atoms. The number of likely N-dealkylation sites (tertiary alicyclic amines) is 1. The van der Waals surface area contributed by atoms with Gasteiger partial charge in [0.1, 0.15) is 0 Å². The van der Waals surface area contributed by atoms with Crippen molar-refractivity contribution in [3.63, 3.8) is 0 Å². The van der Waals surface area contributed by atoms with E-state index >= 15 is 0 Å². The third kappa shape index (κ3) is 3.46. The molecule has 2 rings (SSSR count). The number of piperidine rings is 1. The van der Waals surface area contributed by atoms with Crippen LogP contribution in [0.1, 0.15) is 39.5 Å². The lowest BCUT2D eigenvalue weighted by Gasteiger charge is -2.38. The molecule has 2 aliphatic heterocycles. The first-order valence-corrected chi connectivity index (χ1v) is 7.06. The minimum atomic E-state index is 0.819. The Morgan fingerprint density at radius 1 is 1.00 bits per heavy atom. The van der Waals surface area contributed by atoms with Crippen molar-refractivity contribution in [3.8, 4) is 0 Å². The van der Waals surface area contributed by atoms with Gasteiger partial charge in [-0.1, -0.05) is 13.8 Å². The molecule has 2 saturated heterocycles. The van der Waals surface area contributed by atoms with Gasteiger partial charge >= 0.3 is 0 Å². The van der Waals surface area contributed by atoms with Gasteiger partial charge in [0.05, 0.1) is 0 Å². The SMILES string of the molecule is CC(C)CN1CCC(C2CCOCC2)CC1. The molecule has 0 radical (unpaired) electrons. The quantitative estimate of drug-likeness (QED) is 0.732. The van der Waals surface area contributed by atoms with Gasteiger partial charge in [-0.25, -0.2) is 0 Å². The summed E-state index contributed by atoms with van der Waals surface area (Å²) >= 11 is 0. The van der Waals surface area contributed by atoms with E-state index in [0.29, 0.717) is 0 Å². The molecule has 0 aliphatic carbocycles. The van der Waals surface area contributed by atoms with E-state index in [1.807, 2.05) is 0 Å². The van der Waals surface area contributed by atoms with Crippen molar-refractivity contribution in [1.82, 2.24) is 4.90 Å². The average Bonchev–Trinajstić information content (AvgIpc) is 2.30. The standard InChI is InChI=1S/C14H27NO/c1-12(2)11-15-7-3-13(4-8-15)14-5-9-16-10-6-14/h12-14H,3-11H2,1-2H3. The largest absolute Gasteiger partial charge is 0.381 e. The van der Waals surface area contributed by atoms with Crippen molar-refractivity contribution in [1.29, 1.82) is 0 Å². The summed E-state index contributed by atoms with van der Waals surface area (Å²) in [6.45, 7) is 10.6. The maximum absolute atomic E-state index is 5.45. The van der Waals surface area contributed by atoms with E-state index < -0.39 is 0 Å². The van der Waals surface area contributed by atoms with Gasteiger partial charge in [0.15, 0.2) is 0 Å². The summed E-state index contributed by atoms with van der Waals surface area (Å²) in [5.74, 6) is 2.78. The van der Waals surface area contributed by atoms with Gasteiger partial charge in [-0.3, -0.25) is 0 Å². The summed E-state index contributed by atoms with van der Waals surface area (Å²) in [7, 11) is 0. The van der Waals surface area contributed by atoms with Crippen LogP contribution in [0.25, 0.3) is 0 Å². The molecule has 0 aromatic rings. The van der Waals surface area contributed by atoms with Gasteiger partial charge in [-0.05, 0) is 56.5 Å². The topological polar surface area (TPSA) is 12.5 Å². The minimum absolute atomic E-state index is 0.819. The third-order valence-corrected chi connectivity index (χ3v) is 4.19. The molecule has 0 bridgehead atoms. The molecule has 0 N–H and O–H groups in total. The van der Waals surface area contributed by atoms with Crippen molar-refractivity contribution in [2.45, 2.75) is 39.5 Å². The first-order valence-electron chi connectivity index (χ1n) is 7.06. The van der Waals surface area contributed by atoms with Crippen LogP contribution in [0.2, 0.25) is 0 Å². The van der Waals surface area contributed by atoms with Crippen molar-refractivity contribution in [2.24, 2.45) is 17.8 Å². The summed E-state index contributed by atoms with van der Waals surface area (Å²) in [5.41, 5.74) is 0. The molecular weight excluding hydrogens is 198 g/mol. The maximum Gasteiger partial charge on any atom is 0.0468 e. The summed E-state index contributed by atoms with van der Waals surface area (Å²) in [4.78, 5) is 2.65. The minimum Gasteiger partial charge on any atom is -0.381 e. The van der Waals surface area contributed by atoms with E-state index in [1.165, 1.54) is 45.3 Å². The Hall–Kier alpha value is -0.0800. The highest BCUT2D eigenvalue weighted by atomic mass is 16.5. The molecule has 2 heterocycles. The number of hydrogen-bond donors (Lipinski definition) is 0. The lowest BCUT2D eigenvalue weighted by molar-refractivity contribution is 0.0293. The molecular formula is C14H27NO. The molecule has 0 saturated carbocycles. The zero-order chi connectivity index (χ0) is 11.4. The van der Waals surface area contributed by atoms with Crippen LogP contribution in [-0.4, -0.2) is 37.7 Å². The zero-order valence-corrected chi connectivity index (χ0v) is 11.0. The summed E-state index contributed by atoms with van der Waals surface area (Å²) in [6, 6.07) is 0. The summed E-state index contributed by atoms with van der Waals surface area (Å²) < 4.78 is 5.45. The van der Waals surface area contributed by atoms with E-state index in [4.69, 9.17) is 4.74 Å². The van der Waals surface area contributed by atoms with Gasteiger partial charge in [-0.15, -0.1) is 0 Å². The van der Waals surface area contributed by atoms with Crippen LogP contribution in [0.3, 0.4) is 0 Å². The lowest BCUT2D eigenvalue weighted by Crippen LogP contribution is -2.39. The van der Waals surface area contributed by atoms with Gasteiger partial charge in [0.25, 0.3) is 0 Å². The van der Waals surface area contributed by atoms with Gasteiger partial charge in [-0.2, -0.15) is 0 Å². The van der Waals surface area contributed by atoms with E-state index in [-0.39, 0.29) is 0 Å². The molecule has 2 nitrogen and oxygen atoms in total. The number of rotatable bonds is 3. The Bertz CT molecular complexity index is 191. The monoisotopic (exact) mass is 225 g/mol. The second-order valence-corrected chi connectivity index (χ2v) is 5.98. The molecule has 0 spiro atoms. The van der Waals surface area contributed by atoms with Crippen molar-refractivity contribution in [2.75, 3.05) is 32.8 Å². The van der Waals surface area contributed by atoms with Gasteiger partial charge in [0, 0.05) is 19.8 Å². The fourth-order valence-electron chi connectivity index (χ4n) is 3.31. The molecule has 0 aromatic heterocycles. The molecule has 2 fully saturated rings. The van der Waals surface area contributed by atoms with Crippen LogP contribution in [0.5, 0.6) is 0 Å². The van der Waals surface area contributed by atoms with Gasteiger partial charge in [0.2, 0.25) is 0 Å². The second kappa shape index (κ2) is 6.02. The van der Waals surface area contributed by atoms with E-state index in [0.717, 1.165) is 31.0 Å². The molecule has 0 atom stereocenters. The second-order valence-electron chi connectivity index (χ2n) is 5.98.